The van der Waals surface area contributed by atoms with Gasteiger partial charge in [-0.2, -0.15) is 0 Å². The van der Waals surface area contributed by atoms with Crippen LogP contribution in [0.3, 0.4) is 0 Å². The van der Waals surface area contributed by atoms with Crippen molar-refractivity contribution in [3.63, 3.8) is 0 Å². The molecule has 3 heteroatoms. The van der Waals surface area contributed by atoms with Gasteiger partial charge in [0.1, 0.15) is 0 Å². The summed E-state index contributed by atoms with van der Waals surface area (Å²) in [6.45, 7) is 4.33. The first-order valence-electron chi connectivity index (χ1n) is 7.96. The Kier molecular flexibility index (Phi) is 4.43. The van der Waals surface area contributed by atoms with E-state index in [0.717, 1.165) is 5.56 Å². The molecule has 0 saturated carbocycles. The zero-order valence-corrected chi connectivity index (χ0v) is 13.7. The number of aromatic carboxylic acids is 1. The molecule has 0 radical (unpaired) electrons. The van der Waals surface area contributed by atoms with E-state index in [-0.39, 0.29) is 5.56 Å². The standard InChI is InChI=1S/C21H19NO2/c1-14(2)16-10-7-15(8-11-16)9-12-17-13-19(21(23)24)18-5-3-4-6-20(18)22-17/h3-14H,1-2H3,(H,23,24). The van der Waals surface area contributed by atoms with Crippen molar-refractivity contribution >= 4 is 29.0 Å². The third-order valence-corrected chi connectivity index (χ3v) is 4.02. The molecule has 1 aromatic heterocycles. The number of carbonyl (C=O) groups is 1. The molecular formula is C21H19NO2. The molecule has 0 fully saturated rings. The number of benzene rings is 2. The van der Waals surface area contributed by atoms with Crippen LogP contribution in [0.1, 0.15) is 46.9 Å². The van der Waals surface area contributed by atoms with Crippen molar-refractivity contribution in [3.8, 4) is 0 Å². The fraction of sp³-hybridized carbons (Fsp3) is 0.143. The van der Waals surface area contributed by atoms with E-state index >= 15 is 0 Å². The highest BCUT2D eigenvalue weighted by atomic mass is 16.4. The number of carboxylic acids is 1. The van der Waals surface area contributed by atoms with Crippen LogP contribution in [-0.2, 0) is 0 Å². The molecule has 0 unspecified atom stereocenters. The molecule has 24 heavy (non-hydrogen) atoms. The van der Waals surface area contributed by atoms with Gasteiger partial charge in [0.25, 0.3) is 0 Å². The Balaban J connectivity index is 1.96. The van der Waals surface area contributed by atoms with E-state index in [9.17, 15) is 9.90 Å². The van der Waals surface area contributed by atoms with Crippen LogP contribution in [0, 0.1) is 0 Å². The highest BCUT2D eigenvalue weighted by Crippen LogP contribution is 2.20. The van der Waals surface area contributed by atoms with Crippen LogP contribution in [0.25, 0.3) is 23.1 Å². The number of fused-ring (bicyclic) bond motifs is 1. The first kappa shape index (κ1) is 15.9. The Morgan fingerprint density at radius 1 is 1.04 bits per heavy atom. The lowest BCUT2D eigenvalue weighted by Gasteiger charge is -2.05. The molecule has 2 aromatic carbocycles. The third-order valence-electron chi connectivity index (χ3n) is 4.02. The Labute approximate surface area is 141 Å². The molecule has 3 aromatic rings. The van der Waals surface area contributed by atoms with Crippen molar-refractivity contribution in [2.45, 2.75) is 19.8 Å². The van der Waals surface area contributed by atoms with E-state index < -0.39 is 5.97 Å². The summed E-state index contributed by atoms with van der Waals surface area (Å²) < 4.78 is 0. The van der Waals surface area contributed by atoms with Crippen LogP contribution in [0.15, 0.2) is 54.6 Å². The van der Waals surface area contributed by atoms with E-state index in [4.69, 9.17) is 0 Å². The SMILES string of the molecule is CC(C)c1ccc(C=Cc2cc(C(=O)O)c3ccccc3n2)cc1. The van der Waals surface area contributed by atoms with Crippen molar-refractivity contribution in [1.29, 1.82) is 0 Å². The summed E-state index contributed by atoms with van der Waals surface area (Å²) in [5.74, 6) is -0.437. The number of hydrogen-bond donors (Lipinski definition) is 1. The van der Waals surface area contributed by atoms with Gasteiger partial charge >= 0.3 is 5.97 Å². The van der Waals surface area contributed by atoms with Crippen LogP contribution in [0.4, 0.5) is 0 Å². The van der Waals surface area contributed by atoms with Crippen molar-refractivity contribution in [2.24, 2.45) is 0 Å². The summed E-state index contributed by atoms with van der Waals surface area (Å²) in [6, 6.07) is 17.3. The maximum atomic E-state index is 11.5. The van der Waals surface area contributed by atoms with E-state index in [1.54, 1.807) is 12.1 Å². The normalized spacial score (nSPS) is 11.5. The quantitative estimate of drug-likeness (QED) is 0.717. The first-order chi connectivity index (χ1) is 11.5. The van der Waals surface area contributed by atoms with Gasteiger partial charge in [-0.05, 0) is 35.3 Å². The van der Waals surface area contributed by atoms with E-state index in [0.29, 0.717) is 22.5 Å². The van der Waals surface area contributed by atoms with E-state index in [2.05, 4.69) is 43.1 Å². The minimum absolute atomic E-state index is 0.274. The second-order valence-electron chi connectivity index (χ2n) is 6.07. The van der Waals surface area contributed by atoms with Gasteiger partial charge in [-0.25, -0.2) is 9.78 Å². The number of hydrogen-bond acceptors (Lipinski definition) is 2. The molecule has 3 rings (SSSR count). The van der Waals surface area contributed by atoms with Crippen molar-refractivity contribution in [1.82, 2.24) is 4.98 Å². The Morgan fingerprint density at radius 2 is 1.75 bits per heavy atom. The molecule has 0 aliphatic heterocycles. The monoisotopic (exact) mass is 317 g/mol. The summed E-state index contributed by atoms with van der Waals surface area (Å²) >= 11 is 0. The molecule has 1 N–H and O–H groups in total. The molecule has 0 amide bonds. The zero-order valence-electron chi connectivity index (χ0n) is 13.7. The van der Waals surface area contributed by atoms with Gasteiger partial charge in [0.05, 0.1) is 16.8 Å². The average Bonchev–Trinajstić information content (AvgIpc) is 2.59. The Morgan fingerprint density at radius 3 is 2.42 bits per heavy atom. The molecule has 1 heterocycles. The average molecular weight is 317 g/mol. The van der Waals surface area contributed by atoms with Crippen LogP contribution in [0.5, 0.6) is 0 Å². The molecule has 0 bridgehead atoms. The molecule has 0 aliphatic rings. The summed E-state index contributed by atoms with van der Waals surface area (Å²) in [7, 11) is 0. The molecule has 120 valence electrons. The number of para-hydroxylation sites is 1. The van der Waals surface area contributed by atoms with Crippen LogP contribution >= 0.6 is 0 Å². The third kappa shape index (κ3) is 3.35. The number of carboxylic acid groups (broad SMARTS) is 1. The fourth-order valence-electron chi connectivity index (χ4n) is 2.63. The summed E-state index contributed by atoms with van der Waals surface area (Å²) in [6.07, 6.45) is 3.80. The van der Waals surface area contributed by atoms with Crippen molar-refractivity contribution < 1.29 is 9.90 Å². The second-order valence-corrected chi connectivity index (χ2v) is 6.07. The van der Waals surface area contributed by atoms with Gasteiger partial charge in [0.15, 0.2) is 0 Å². The highest BCUT2D eigenvalue weighted by molar-refractivity contribution is 6.03. The minimum Gasteiger partial charge on any atom is -0.478 e. The fourth-order valence-corrected chi connectivity index (χ4v) is 2.63. The molecular weight excluding hydrogens is 298 g/mol. The van der Waals surface area contributed by atoms with Gasteiger partial charge < -0.3 is 5.11 Å². The molecule has 3 nitrogen and oxygen atoms in total. The Hall–Kier alpha value is -2.94. The molecule has 0 spiro atoms. The van der Waals surface area contributed by atoms with Gasteiger partial charge in [-0.1, -0.05) is 62.4 Å². The largest absolute Gasteiger partial charge is 0.478 e. The van der Waals surface area contributed by atoms with Gasteiger partial charge in [-0.15, -0.1) is 0 Å². The number of nitrogens with zero attached hydrogens (tertiary/aromatic N) is 1. The van der Waals surface area contributed by atoms with Crippen molar-refractivity contribution in [3.05, 3.63) is 77.0 Å². The predicted octanol–water partition coefficient (Wildman–Crippen LogP) is 5.23. The second kappa shape index (κ2) is 6.67. The molecule has 0 saturated heterocycles. The van der Waals surface area contributed by atoms with Crippen LogP contribution in [-0.4, -0.2) is 16.1 Å². The highest BCUT2D eigenvalue weighted by Gasteiger charge is 2.10. The molecule has 0 aliphatic carbocycles. The van der Waals surface area contributed by atoms with Gasteiger partial charge in [-0.3, -0.25) is 0 Å². The summed E-state index contributed by atoms with van der Waals surface area (Å²) in [5, 5.41) is 10.1. The topological polar surface area (TPSA) is 50.2 Å². The smallest absolute Gasteiger partial charge is 0.336 e. The van der Waals surface area contributed by atoms with Crippen LogP contribution in [0.2, 0.25) is 0 Å². The van der Waals surface area contributed by atoms with Gasteiger partial charge in [0.2, 0.25) is 0 Å². The number of aromatic nitrogens is 1. The lowest BCUT2D eigenvalue weighted by atomic mass is 10.0. The number of rotatable bonds is 4. The lowest BCUT2D eigenvalue weighted by Crippen LogP contribution is -2.00. The maximum Gasteiger partial charge on any atom is 0.336 e. The summed E-state index contributed by atoms with van der Waals surface area (Å²) in [5.41, 5.74) is 3.96. The first-order valence-corrected chi connectivity index (χ1v) is 7.96. The molecule has 0 atom stereocenters. The van der Waals surface area contributed by atoms with E-state index in [1.165, 1.54) is 5.56 Å². The van der Waals surface area contributed by atoms with E-state index in [1.807, 2.05) is 30.4 Å². The van der Waals surface area contributed by atoms with Crippen molar-refractivity contribution in [2.75, 3.05) is 0 Å². The lowest BCUT2D eigenvalue weighted by molar-refractivity contribution is 0.0699. The minimum atomic E-state index is -0.940. The van der Waals surface area contributed by atoms with Crippen LogP contribution < -0.4 is 0 Å². The Bertz CT molecular complexity index is 909. The number of pyridine rings is 1. The van der Waals surface area contributed by atoms with Gasteiger partial charge in [0, 0.05) is 5.39 Å². The summed E-state index contributed by atoms with van der Waals surface area (Å²) in [4.78, 5) is 16.0. The predicted molar refractivity (Wildman–Crippen MR) is 98.2 cm³/mol. The zero-order chi connectivity index (χ0) is 17.1. The maximum absolute atomic E-state index is 11.5.